The fraction of sp³-hybridized carbons (Fsp3) is 0.485. The number of imidazole rings is 1. The van der Waals surface area contributed by atoms with E-state index in [1.807, 2.05) is 12.1 Å². The van der Waals surface area contributed by atoms with E-state index >= 15 is 0 Å². The number of unbranched alkanes of at least 4 members (excludes halogenated alkanes) is 5. The number of aliphatic carboxylic acids is 1. The van der Waals surface area contributed by atoms with Crippen LogP contribution in [-0.2, 0) is 29.4 Å². The van der Waals surface area contributed by atoms with Gasteiger partial charge in [-0.05, 0) is 68.7 Å². The first-order chi connectivity index (χ1) is 21.1. The van der Waals surface area contributed by atoms with Crippen LogP contribution < -0.4 is 10.5 Å². The van der Waals surface area contributed by atoms with Crippen molar-refractivity contribution in [1.82, 2.24) is 14.5 Å². The molecular formula is C33H43F3N4O4. The topological polar surface area (TPSA) is 112 Å². The number of aromatic nitrogens is 3. The monoisotopic (exact) mass is 616 g/mol. The van der Waals surface area contributed by atoms with Crippen LogP contribution in [0.4, 0.5) is 19.0 Å². The molecule has 0 saturated heterocycles. The van der Waals surface area contributed by atoms with Gasteiger partial charge in [0.05, 0.1) is 17.6 Å². The van der Waals surface area contributed by atoms with Crippen LogP contribution in [0.5, 0.6) is 5.75 Å². The number of nitrogens with two attached hydrogens (primary N) is 1. The number of halogens is 3. The molecule has 0 amide bonds. The Hall–Kier alpha value is -3.86. The van der Waals surface area contributed by atoms with Gasteiger partial charge in [-0.25, -0.2) is 14.8 Å². The fourth-order valence-corrected chi connectivity index (χ4v) is 4.79. The van der Waals surface area contributed by atoms with E-state index in [-0.39, 0.29) is 0 Å². The Morgan fingerprint density at radius 3 is 2.23 bits per heavy atom. The van der Waals surface area contributed by atoms with Gasteiger partial charge in [0, 0.05) is 32.1 Å². The number of hydrogen-bond donors (Lipinski definition) is 2. The molecule has 0 bridgehead atoms. The van der Waals surface area contributed by atoms with E-state index in [0.717, 1.165) is 98.1 Å². The summed E-state index contributed by atoms with van der Waals surface area (Å²) in [4.78, 5) is 18.3. The summed E-state index contributed by atoms with van der Waals surface area (Å²) < 4.78 is 45.8. The lowest BCUT2D eigenvalue weighted by molar-refractivity contribution is -0.192. The van der Waals surface area contributed by atoms with Gasteiger partial charge in [0.2, 0.25) is 0 Å². The maximum absolute atomic E-state index is 10.6. The average Bonchev–Trinajstić information content (AvgIpc) is 3.34. The third-order valence-corrected chi connectivity index (χ3v) is 7.19. The summed E-state index contributed by atoms with van der Waals surface area (Å²) in [5.41, 5.74) is 10.4. The van der Waals surface area contributed by atoms with Crippen LogP contribution in [0.25, 0.3) is 21.9 Å². The number of ether oxygens (including phenoxy) is 2. The lowest BCUT2D eigenvalue weighted by atomic mass is 10.1. The van der Waals surface area contributed by atoms with Crippen molar-refractivity contribution in [2.75, 3.05) is 25.6 Å². The second-order valence-corrected chi connectivity index (χ2v) is 10.7. The number of pyridine rings is 1. The number of aryl methyl sites for hydroxylation is 3. The molecule has 0 aliphatic rings. The van der Waals surface area contributed by atoms with Crippen LogP contribution in [0.15, 0.2) is 48.5 Å². The van der Waals surface area contributed by atoms with Crippen molar-refractivity contribution in [3.63, 3.8) is 0 Å². The van der Waals surface area contributed by atoms with E-state index in [2.05, 4.69) is 59.9 Å². The van der Waals surface area contributed by atoms with Crippen LogP contribution in [-0.4, -0.2) is 51.6 Å². The SMILES string of the molecule is CCCCc1nc2c(N)nc3ccc(OCCCCCCOCCCCc4ccccc4)cc3c2n1C.O=C(O)C(F)(F)F. The van der Waals surface area contributed by atoms with E-state index in [4.69, 9.17) is 30.1 Å². The number of hydrogen-bond acceptors (Lipinski definition) is 6. The minimum Gasteiger partial charge on any atom is -0.494 e. The van der Waals surface area contributed by atoms with Gasteiger partial charge < -0.3 is 24.9 Å². The smallest absolute Gasteiger partial charge is 0.490 e. The van der Waals surface area contributed by atoms with Crippen molar-refractivity contribution < 1.29 is 32.5 Å². The van der Waals surface area contributed by atoms with Crippen molar-refractivity contribution in [3.05, 3.63) is 59.9 Å². The second-order valence-electron chi connectivity index (χ2n) is 10.7. The molecule has 44 heavy (non-hydrogen) atoms. The molecule has 2 aromatic carbocycles. The number of alkyl halides is 3. The number of rotatable bonds is 16. The van der Waals surface area contributed by atoms with E-state index in [0.29, 0.717) is 12.4 Å². The molecule has 3 N–H and O–H groups in total. The van der Waals surface area contributed by atoms with Crippen molar-refractivity contribution in [3.8, 4) is 5.75 Å². The summed E-state index contributed by atoms with van der Waals surface area (Å²) >= 11 is 0. The summed E-state index contributed by atoms with van der Waals surface area (Å²) in [5, 5.41) is 8.17. The number of anilines is 1. The summed E-state index contributed by atoms with van der Waals surface area (Å²) in [7, 11) is 2.07. The number of carboxylic acids is 1. The molecule has 0 fully saturated rings. The molecule has 2 aromatic heterocycles. The minimum absolute atomic E-state index is 0.491. The molecule has 0 radical (unpaired) electrons. The highest BCUT2D eigenvalue weighted by molar-refractivity contribution is 6.07. The number of carboxylic acid groups (broad SMARTS) is 1. The Morgan fingerprint density at radius 1 is 0.909 bits per heavy atom. The quantitative estimate of drug-likeness (QED) is 0.124. The lowest BCUT2D eigenvalue weighted by Crippen LogP contribution is -2.21. The maximum atomic E-state index is 10.6. The third kappa shape index (κ3) is 10.7. The molecule has 0 spiro atoms. The van der Waals surface area contributed by atoms with Crippen molar-refractivity contribution in [2.24, 2.45) is 7.05 Å². The summed E-state index contributed by atoms with van der Waals surface area (Å²) in [6.45, 7) is 4.63. The number of benzene rings is 2. The first-order valence-corrected chi connectivity index (χ1v) is 15.2. The Balaban J connectivity index is 0.000000676. The highest BCUT2D eigenvalue weighted by atomic mass is 19.4. The highest BCUT2D eigenvalue weighted by Crippen LogP contribution is 2.31. The lowest BCUT2D eigenvalue weighted by Gasteiger charge is -2.09. The molecule has 4 rings (SSSR count). The number of nitrogens with zero attached hydrogens (tertiary/aromatic N) is 3. The predicted molar refractivity (Wildman–Crippen MR) is 167 cm³/mol. The first kappa shape index (κ1) is 34.6. The Bertz CT molecular complexity index is 1460. The average molecular weight is 617 g/mol. The summed E-state index contributed by atoms with van der Waals surface area (Å²) in [6, 6.07) is 16.7. The van der Waals surface area contributed by atoms with E-state index in [1.165, 1.54) is 18.4 Å². The van der Waals surface area contributed by atoms with Gasteiger partial charge in [-0.15, -0.1) is 0 Å². The minimum atomic E-state index is -5.08. The van der Waals surface area contributed by atoms with Gasteiger partial charge in [-0.2, -0.15) is 13.2 Å². The van der Waals surface area contributed by atoms with Crippen LogP contribution >= 0.6 is 0 Å². The second kappa shape index (κ2) is 17.4. The van der Waals surface area contributed by atoms with E-state index in [1.54, 1.807) is 0 Å². The van der Waals surface area contributed by atoms with Gasteiger partial charge in [0.1, 0.15) is 17.1 Å². The summed E-state index contributed by atoms with van der Waals surface area (Å²) in [6.07, 6.45) is 6.03. The molecule has 8 nitrogen and oxygen atoms in total. The van der Waals surface area contributed by atoms with Gasteiger partial charge in [0.25, 0.3) is 0 Å². The van der Waals surface area contributed by atoms with Gasteiger partial charge in [0.15, 0.2) is 5.82 Å². The molecule has 4 aromatic rings. The molecule has 0 atom stereocenters. The largest absolute Gasteiger partial charge is 0.494 e. The maximum Gasteiger partial charge on any atom is 0.490 e. The van der Waals surface area contributed by atoms with E-state index < -0.39 is 12.1 Å². The number of carbonyl (C=O) groups is 1. The van der Waals surface area contributed by atoms with Crippen LogP contribution in [0.3, 0.4) is 0 Å². The van der Waals surface area contributed by atoms with Crippen LogP contribution in [0.2, 0.25) is 0 Å². The van der Waals surface area contributed by atoms with Crippen molar-refractivity contribution in [1.29, 1.82) is 0 Å². The molecule has 2 heterocycles. The fourth-order valence-electron chi connectivity index (χ4n) is 4.79. The molecule has 0 unspecified atom stereocenters. The first-order valence-electron chi connectivity index (χ1n) is 15.2. The Labute approximate surface area is 256 Å². The predicted octanol–water partition coefficient (Wildman–Crippen LogP) is 7.66. The van der Waals surface area contributed by atoms with Crippen molar-refractivity contribution in [2.45, 2.75) is 77.3 Å². The normalized spacial score (nSPS) is 11.5. The number of fused-ring (bicyclic) bond motifs is 3. The molecule has 0 aliphatic carbocycles. The van der Waals surface area contributed by atoms with E-state index in [9.17, 15) is 13.2 Å². The zero-order chi connectivity index (χ0) is 32.0. The Kier molecular flexibility index (Phi) is 13.7. The van der Waals surface area contributed by atoms with Gasteiger partial charge in [-0.3, -0.25) is 0 Å². The van der Waals surface area contributed by atoms with Gasteiger partial charge >= 0.3 is 12.1 Å². The van der Waals surface area contributed by atoms with Crippen molar-refractivity contribution >= 4 is 33.7 Å². The molecule has 0 aliphatic heterocycles. The standard InChI is InChI=1S/C31H42N4O2.C2HF3O2/c1-3-4-17-28-34-29-30(35(28)2)26-23-25(18-19-27(26)33-31(29)32)37-22-12-6-5-11-20-36-21-13-10-16-24-14-8-7-9-15-24;3-2(4,5)1(6)7/h7-9,14-15,18-19,23H,3-6,10-13,16-17,20-22H2,1-2H3,(H2,32,33);(H,6,7). The zero-order valence-corrected chi connectivity index (χ0v) is 25.5. The van der Waals surface area contributed by atoms with Gasteiger partial charge in [-0.1, -0.05) is 50.1 Å². The molecule has 240 valence electrons. The zero-order valence-electron chi connectivity index (χ0n) is 25.5. The Morgan fingerprint density at radius 2 is 1.57 bits per heavy atom. The molecule has 0 saturated carbocycles. The highest BCUT2D eigenvalue weighted by Gasteiger charge is 2.38. The molecule has 11 heteroatoms. The third-order valence-electron chi connectivity index (χ3n) is 7.19. The molecular weight excluding hydrogens is 573 g/mol. The summed E-state index contributed by atoms with van der Waals surface area (Å²) in [5.74, 6) is -0.339. The van der Waals surface area contributed by atoms with Crippen LogP contribution in [0, 0.1) is 0 Å². The number of nitrogen functional groups attached to an aromatic ring is 1. The van der Waals surface area contributed by atoms with Crippen LogP contribution in [0.1, 0.15) is 69.7 Å².